The van der Waals surface area contributed by atoms with Gasteiger partial charge >= 0.3 is 5.97 Å². The minimum absolute atomic E-state index is 0.210. The molecule has 19 heavy (non-hydrogen) atoms. The van der Waals surface area contributed by atoms with Gasteiger partial charge in [-0.05, 0) is 38.0 Å². The van der Waals surface area contributed by atoms with Gasteiger partial charge in [-0.25, -0.2) is 4.39 Å². The molecule has 0 spiro atoms. The first kappa shape index (κ1) is 15.1. The van der Waals surface area contributed by atoms with Gasteiger partial charge in [-0.1, -0.05) is 13.0 Å². The molecule has 1 rings (SSSR count). The number of hydrogen-bond donors (Lipinski definition) is 1. The molecule has 1 unspecified atom stereocenters. The maximum atomic E-state index is 13.2. The molecule has 0 heterocycles. The summed E-state index contributed by atoms with van der Waals surface area (Å²) in [7, 11) is 0. The lowest BCUT2D eigenvalue weighted by Gasteiger charge is -2.27. The number of carboxylic acid groups (broad SMARTS) is 1. The Morgan fingerprint density at radius 3 is 2.58 bits per heavy atom. The predicted molar refractivity (Wildman–Crippen MR) is 69.6 cm³/mol. The SMILES string of the molecule is CCC(C)N(CC(=O)O)C(=O)c1cc(F)ccc1C. The summed E-state index contributed by atoms with van der Waals surface area (Å²) in [5, 5.41) is 8.88. The van der Waals surface area contributed by atoms with Crippen molar-refractivity contribution < 1.29 is 19.1 Å². The van der Waals surface area contributed by atoms with E-state index >= 15 is 0 Å². The quantitative estimate of drug-likeness (QED) is 0.891. The summed E-state index contributed by atoms with van der Waals surface area (Å²) in [6.07, 6.45) is 0.632. The van der Waals surface area contributed by atoms with Gasteiger partial charge in [0.05, 0.1) is 0 Å². The highest BCUT2D eigenvalue weighted by Gasteiger charge is 2.24. The molecule has 104 valence electrons. The Labute approximate surface area is 111 Å². The number of carbonyl (C=O) groups is 2. The molecule has 1 amide bonds. The largest absolute Gasteiger partial charge is 0.480 e. The smallest absolute Gasteiger partial charge is 0.323 e. The van der Waals surface area contributed by atoms with E-state index in [9.17, 15) is 14.0 Å². The Morgan fingerprint density at radius 2 is 2.05 bits per heavy atom. The monoisotopic (exact) mass is 267 g/mol. The maximum absolute atomic E-state index is 13.2. The summed E-state index contributed by atoms with van der Waals surface area (Å²) in [6, 6.07) is 3.72. The topological polar surface area (TPSA) is 57.6 Å². The minimum Gasteiger partial charge on any atom is -0.480 e. The van der Waals surface area contributed by atoms with Crippen LogP contribution in [0.5, 0.6) is 0 Å². The van der Waals surface area contributed by atoms with Crippen LogP contribution in [0.25, 0.3) is 0 Å². The molecule has 0 fully saturated rings. The number of carbonyl (C=O) groups excluding carboxylic acids is 1. The molecule has 1 atom stereocenters. The molecule has 0 bridgehead atoms. The van der Waals surface area contributed by atoms with E-state index in [1.165, 1.54) is 17.0 Å². The molecule has 1 aromatic carbocycles. The van der Waals surface area contributed by atoms with E-state index in [1.807, 2.05) is 6.92 Å². The van der Waals surface area contributed by atoms with Crippen LogP contribution >= 0.6 is 0 Å². The van der Waals surface area contributed by atoms with Crippen molar-refractivity contribution >= 4 is 11.9 Å². The maximum Gasteiger partial charge on any atom is 0.323 e. The molecule has 0 aliphatic heterocycles. The number of nitrogens with zero attached hydrogens (tertiary/aromatic N) is 1. The number of aryl methyl sites for hydroxylation is 1. The zero-order chi connectivity index (χ0) is 14.6. The van der Waals surface area contributed by atoms with Gasteiger partial charge in [0.15, 0.2) is 0 Å². The van der Waals surface area contributed by atoms with Crippen LogP contribution in [0.3, 0.4) is 0 Å². The number of benzene rings is 1. The van der Waals surface area contributed by atoms with Crippen LogP contribution in [-0.4, -0.2) is 34.5 Å². The standard InChI is InChI=1S/C14H18FNO3/c1-4-10(3)16(8-13(17)18)14(19)12-7-11(15)6-5-9(12)2/h5-7,10H,4,8H2,1-3H3,(H,17,18). The van der Waals surface area contributed by atoms with Gasteiger partial charge in [-0.15, -0.1) is 0 Å². The number of carboxylic acids is 1. The predicted octanol–water partition coefficient (Wildman–Crippen LogP) is 2.46. The second-order valence-electron chi connectivity index (χ2n) is 4.54. The molecule has 1 aromatic rings. The number of halogens is 1. The highest BCUT2D eigenvalue weighted by Crippen LogP contribution is 2.16. The molecule has 0 aliphatic rings. The van der Waals surface area contributed by atoms with Crippen molar-refractivity contribution in [3.63, 3.8) is 0 Å². The fourth-order valence-corrected chi connectivity index (χ4v) is 1.77. The van der Waals surface area contributed by atoms with E-state index in [0.29, 0.717) is 12.0 Å². The van der Waals surface area contributed by atoms with E-state index in [2.05, 4.69) is 0 Å². The summed E-state index contributed by atoms with van der Waals surface area (Å²) < 4.78 is 13.2. The highest BCUT2D eigenvalue weighted by atomic mass is 19.1. The first-order chi connectivity index (χ1) is 8.86. The molecule has 0 saturated carbocycles. The molecule has 0 radical (unpaired) electrons. The highest BCUT2D eigenvalue weighted by molar-refractivity contribution is 5.97. The van der Waals surface area contributed by atoms with E-state index < -0.39 is 17.7 Å². The lowest BCUT2D eigenvalue weighted by molar-refractivity contribution is -0.138. The normalized spacial score (nSPS) is 12.0. The number of amides is 1. The van der Waals surface area contributed by atoms with Crippen molar-refractivity contribution in [2.45, 2.75) is 33.2 Å². The van der Waals surface area contributed by atoms with Crippen molar-refractivity contribution in [3.8, 4) is 0 Å². The first-order valence-corrected chi connectivity index (χ1v) is 6.15. The Balaban J connectivity index is 3.11. The lowest BCUT2D eigenvalue weighted by Crippen LogP contribution is -2.42. The second kappa shape index (κ2) is 6.31. The first-order valence-electron chi connectivity index (χ1n) is 6.15. The molecule has 0 aliphatic carbocycles. The van der Waals surface area contributed by atoms with Crippen LogP contribution in [0.4, 0.5) is 4.39 Å². The van der Waals surface area contributed by atoms with E-state index in [0.717, 1.165) is 6.07 Å². The molecule has 1 N–H and O–H groups in total. The third-order valence-corrected chi connectivity index (χ3v) is 3.12. The zero-order valence-corrected chi connectivity index (χ0v) is 11.3. The third kappa shape index (κ3) is 3.77. The van der Waals surface area contributed by atoms with Crippen LogP contribution in [0.1, 0.15) is 36.2 Å². The molecule has 0 aromatic heterocycles. The van der Waals surface area contributed by atoms with Crippen molar-refractivity contribution in [2.75, 3.05) is 6.54 Å². The second-order valence-corrected chi connectivity index (χ2v) is 4.54. The van der Waals surface area contributed by atoms with Gasteiger partial charge < -0.3 is 10.0 Å². The van der Waals surface area contributed by atoms with Crippen LogP contribution in [-0.2, 0) is 4.79 Å². The Morgan fingerprint density at radius 1 is 1.42 bits per heavy atom. The van der Waals surface area contributed by atoms with Crippen LogP contribution in [0.15, 0.2) is 18.2 Å². The van der Waals surface area contributed by atoms with Crippen LogP contribution in [0.2, 0.25) is 0 Å². The average molecular weight is 267 g/mol. The number of aliphatic carboxylic acids is 1. The summed E-state index contributed by atoms with van der Waals surface area (Å²) in [4.78, 5) is 24.5. The van der Waals surface area contributed by atoms with Gasteiger partial charge in [0.25, 0.3) is 5.91 Å². The van der Waals surface area contributed by atoms with Crippen molar-refractivity contribution in [1.29, 1.82) is 0 Å². The third-order valence-electron chi connectivity index (χ3n) is 3.12. The molecule has 4 nitrogen and oxygen atoms in total. The summed E-state index contributed by atoms with van der Waals surface area (Å²) in [5.74, 6) is -2.04. The minimum atomic E-state index is -1.08. The van der Waals surface area contributed by atoms with Crippen LogP contribution in [0, 0.1) is 12.7 Å². The van der Waals surface area contributed by atoms with Crippen molar-refractivity contribution in [2.24, 2.45) is 0 Å². The van der Waals surface area contributed by atoms with Crippen LogP contribution < -0.4 is 0 Å². The van der Waals surface area contributed by atoms with Gasteiger partial charge in [-0.2, -0.15) is 0 Å². The summed E-state index contributed by atoms with van der Waals surface area (Å²) >= 11 is 0. The van der Waals surface area contributed by atoms with Gasteiger partial charge in [0.2, 0.25) is 0 Å². The van der Waals surface area contributed by atoms with Gasteiger partial charge in [0, 0.05) is 11.6 Å². The van der Waals surface area contributed by atoms with Crippen molar-refractivity contribution in [1.82, 2.24) is 4.90 Å². The van der Waals surface area contributed by atoms with E-state index in [1.54, 1.807) is 13.8 Å². The van der Waals surface area contributed by atoms with Gasteiger partial charge in [0.1, 0.15) is 12.4 Å². The Bertz CT molecular complexity index is 488. The molecular weight excluding hydrogens is 249 g/mol. The molecular formula is C14H18FNO3. The molecule has 0 saturated heterocycles. The zero-order valence-electron chi connectivity index (χ0n) is 11.3. The number of hydrogen-bond acceptors (Lipinski definition) is 2. The average Bonchev–Trinajstić information content (AvgIpc) is 2.37. The summed E-state index contributed by atoms with van der Waals surface area (Å²) in [6.45, 7) is 4.95. The lowest BCUT2D eigenvalue weighted by atomic mass is 10.1. The Kier molecular flexibility index (Phi) is 5.03. The fourth-order valence-electron chi connectivity index (χ4n) is 1.77. The van der Waals surface area contributed by atoms with E-state index in [-0.39, 0.29) is 18.2 Å². The Hall–Kier alpha value is -1.91. The fraction of sp³-hybridized carbons (Fsp3) is 0.429. The van der Waals surface area contributed by atoms with Crippen molar-refractivity contribution in [3.05, 3.63) is 35.1 Å². The van der Waals surface area contributed by atoms with Gasteiger partial charge in [-0.3, -0.25) is 9.59 Å². The molecule has 5 heteroatoms. The summed E-state index contributed by atoms with van der Waals surface area (Å²) in [5.41, 5.74) is 0.839. The number of rotatable bonds is 5. The van der Waals surface area contributed by atoms with E-state index in [4.69, 9.17) is 5.11 Å².